The molecule has 2 aromatic rings. The second-order valence-electron chi connectivity index (χ2n) is 6.55. The quantitative estimate of drug-likeness (QED) is 0.835. The van der Waals surface area contributed by atoms with E-state index in [-0.39, 0.29) is 5.91 Å². The fourth-order valence-corrected chi connectivity index (χ4v) is 3.58. The van der Waals surface area contributed by atoms with E-state index in [4.69, 9.17) is 11.6 Å². The first-order valence-corrected chi connectivity index (χ1v) is 8.87. The molecule has 1 amide bonds. The minimum Gasteiger partial charge on any atom is -0.373 e. The summed E-state index contributed by atoms with van der Waals surface area (Å²) >= 11 is 6.09. The van der Waals surface area contributed by atoms with Gasteiger partial charge >= 0.3 is 0 Å². The Morgan fingerprint density at radius 1 is 1.08 bits per heavy atom. The number of rotatable bonds is 2. The Hall–Kier alpha value is -2.46. The molecule has 4 rings (SSSR count). The zero-order chi connectivity index (χ0) is 17.4. The number of anilines is 2. The number of halogens is 1. The third-order valence-corrected chi connectivity index (χ3v) is 4.99. The molecule has 128 valence electrons. The lowest BCUT2D eigenvalue weighted by Crippen LogP contribution is -2.44. The molecule has 0 atom stereocenters. The number of amides is 1. The van der Waals surface area contributed by atoms with E-state index in [2.05, 4.69) is 46.3 Å². The number of aryl methyl sites for hydroxylation is 1. The average molecular weight is 354 g/mol. The van der Waals surface area contributed by atoms with Crippen LogP contribution in [-0.4, -0.2) is 37.0 Å². The number of hydrogen-bond donors (Lipinski definition) is 1. The van der Waals surface area contributed by atoms with E-state index in [1.54, 1.807) is 6.07 Å². The van der Waals surface area contributed by atoms with Crippen molar-refractivity contribution in [1.82, 2.24) is 4.90 Å². The van der Waals surface area contributed by atoms with E-state index in [0.717, 1.165) is 37.4 Å². The van der Waals surface area contributed by atoms with E-state index in [0.29, 0.717) is 10.6 Å². The van der Waals surface area contributed by atoms with Crippen LogP contribution in [0.15, 0.2) is 48.7 Å². The van der Waals surface area contributed by atoms with Crippen molar-refractivity contribution in [2.75, 3.05) is 36.4 Å². The highest BCUT2D eigenvalue weighted by Gasteiger charge is 2.26. The van der Waals surface area contributed by atoms with Crippen LogP contribution >= 0.6 is 11.6 Å². The number of carbonyl (C=O) groups excluding carboxylic acids is 1. The van der Waals surface area contributed by atoms with Crippen molar-refractivity contribution in [3.8, 4) is 0 Å². The summed E-state index contributed by atoms with van der Waals surface area (Å²) in [4.78, 5) is 16.9. The van der Waals surface area contributed by atoms with Crippen LogP contribution < -0.4 is 10.2 Å². The molecule has 0 bridgehead atoms. The molecule has 1 fully saturated rings. The van der Waals surface area contributed by atoms with E-state index in [1.165, 1.54) is 11.3 Å². The van der Waals surface area contributed by atoms with E-state index >= 15 is 0 Å². The van der Waals surface area contributed by atoms with Crippen molar-refractivity contribution in [3.63, 3.8) is 0 Å². The number of fused-ring (bicyclic) bond motifs is 1. The van der Waals surface area contributed by atoms with Crippen molar-refractivity contribution in [2.45, 2.75) is 6.92 Å². The molecule has 5 heteroatoms. The van der Waals surface area contributed by atoms with Gasteiger partial charge in [-0.25, -0.2) is 0 Å². The predicted octanol–water partition coefficient (Wildman–Crippen LogP) is 3.76. The zero-order valence-corrected chi connectivity index (χ0v) is 14.9. The number of benzene rings is 2. The van der Waals surface area contributed by atoms with Crippen LogP contribution in [0.2, 0.25) is 5.02 Å². The molecule has 0 aromatic heterocycles. The number of nitrogens with zero attached hydrogens (tertiary/aromatic N) is 2. The van der Waals surface area contributed by atoms with Crippen molar-refractivity contribution < 1.29 is 4.79 Å². The number of nitrogens with one attached hydrogen (secondary N) is 1. The van der Waals surface area contributed by atoms with Crippen LogP contribution in [0.25, 0.3) is 5.57 Å². The topological polar surface area (TPSA) is 35.6 Å². The van der Waals surface area contributed by atoms with Gasteiger partial charge in [0.15, 0.2) is 0 Å². The number of carbonyl (C=O) groups is 1. The second kappa shape index (κ2) is 6.45. The summed E-state index contributed by atoms with van der Waals surface area (Å²) in [7, 11) is 0. The third-order valence-electron chi connectivity index (χ3n) is 4.76. The highest BCUT2D eigenvalue weighted by atomic mass is 35.5. The highest BCUT2D eigenvalue weighted by Crippen LogP contribution is 2.34. The van der Waals surface area contributed by atoms with Gasteiger partial charge in [0.25, 0.3) is 5.91 Å². The van der Waals surface area contributed by atoms with Gasteiger partial charge in [0, 0.05) is 54.3 Å². The molecule has 2 aromatic carbocycles. The molecule has 0 aliphatic carbocycles. The Morgan fingerprint density at radius 3 is 2.64 bits per heavy atom. The SMILES string of the molecule is Cc1cccc(N2CCN(/C=C3/C(=O)Nc4ccc(Cl)cc43)CC2)c1. The first-order chi connectivity index (χ1) is 12.1. The maximum atomic E-state index is 12.3. The predicted molar refractivity (Wildman–Crippen MR) is 103 cm³/mol. The summed E-state index contributed by atoms with van der Waals surface area (Å²) in [6.45, 7) is 5.78. The van der Waals surface area contributed by atoms with Gasteiger partial charge < -0.3 is 15.1 Å². The van der Waals surface area contributed by atoms with Gasteiger partial charge in [-0.15, -0.1) is 0 Å². The minimum absolute atomic E-state index is 0.0571. The van der Waals surface area contributed by atoms with Crippen molar-refractivity contribution >= 4 is 34.5 Å². The van der Waals surface area contributed by atoms with Gasteiger partial charge in [-0.2, -0.15) is 0 Å². The van der Waals surface area contributed by atoms with Gasteiger partial charge in [0.1, 0.15) is 0 Å². The van der Waals surface area contributed by atoms with E-state index in [9.17, 15) is 4.79 Å². The van der Waals surface area contributed by atoms with Crippen LogP contribution in [0.1, 0.15) is 11.1 Å². The van der Waals surface area contributed by atoms with Crippen molar-refractivity contribution in [2.24, 2.45) is 0 Å². The maximum absolute atomic E-state index is 12.3. The Morgan fingerprint density at radius 2 is 1.88 bits per heavy atom. The Kier molecular flexibility index (Phi) is 4.14. The smallest absolute Gasteiger partial charge is 0.257 e. The third kappa shape index (κ3) is 3.22. The van der Waals surface area contributed by atoms with Gasteiger partial charge in [-0.05, 0) is 42.8 Å². The molecule has 25 heavy (non-hydrogen) atoms. The minimum atomic E-state index is -0.0571. The summed E-state index contributed by atoms with van der Waals surface area (Å²) in [5, 5.41) is 3.55. The maximum Gasteiger partial charge on any atom is 0.257 e. The molecule has 0 saturated carbocycles. The fraction of sp³-hybridized carbons (Fsp3) is 0.250. The van der Waals surface area contributed by atoms with Crippen LogP contribution in [-0.2, 0) is 4.79 Å². The molecule has 4 nitrogen and oxygen atoms in total. The Balaban J connectivity index is 1.49. The van der Waals surface area contributed by atoms with Gasteiger partial charge in [-0.3, -0.25) is 4.79 Å². The molecular weight excluding hydrogens is 334 g/mol. The first kappa shape index (κ1) is 16.0. The van der Waals surface area contributed by atoms with Crippen LogP contribution in [0.5, 0.6) is 0 Å². The lowest BCUT2D eigenvalue weighted by molar-refractivity contribution is -0.110. The van der Waals surface area contributed by atoms with Crippen molar-refractivity contribution in [1.29, 1.82) is 0 Å². The molecule has 0 spiro atoms. The number of hydrogen-bond acceptors (Lipinski definition) is 3. The van der Waals surface area contributed by atoms with Crippen molar-refractivity contribution in [3.05, 3.63) is 64.8 Å². The van der Waals surface area contributed by atoms with Crippen LogP contribution in [0, 0.1) is 6.92 Å². The van der Waals surface area contributed by atoms with Gasteiger partial charge in [-0.1, -0.05) is 23.7 Å². The first-order valence-electron chi connectivity index (χ1n) is 8.49. The Labute approximate surface area is 152 Å². The molecule has 0 radical (unpaired) electrons. The molecule has 2 aliphatic rings. The average Bonchev–Trinajstić information content (AvgIpc) is 2.91. The normalized spacial score (nSPS) is 18.5. The summed E-state index contributed by atoms with van der Waals surface area (Å²) < 4.78 is 0. The lowest BCUT2D eigenvalue weighted by atomic mass is 10.1. The zero-order valence-electron chi connectivity index (χ0n) is 14.1. The highest BCUT2D eigenvalue weighted by molar-refractivity contribution is 6.34. The standard InChI is InChI=1S/C20H20ClN3O/c1-14-3-2-4-16(11-14)24-9-7-23(8-10-24)13-18-17-12-15(21)5-6-19(17)22-20(18)25/h2-6,11-13H,7-10H2,1H3,(H,22,25)/b18-13+. The molecule has 0 unspecified atom stereocenters. The molecule has 2 heterocycles. The number of piperazine rings is 1. The molecule has 2 aliphatic heterocycles. The summed E-state index contributed by atoms with van der Waals surface area (Å²) in [6, 6.07) is 14.1. The monoisotopic (exact) mass is 353 g/mol. The fourth-order valence-electron chi connectivity index (χ4n) is 3.40. The van der Waals surface area contributed by atoms with Gasteiger partial charge in [0.05, 0.1) is 5.57 Å². The van der Waals surface area contributed by atoms with E-state index < -0.39 is 0 Å². The summed E-state index contributed by atoms with van der Waals surface area (Å²) in [5.41, 5.74) is 4.96. The summed E-state index contributed by atoms with van der Waals surface area (Å²) in [6.07, 6.45) is 1.98. The molecule has 1 saturated heterocycles. The van der Waals surface area contributed by atoms with E-state index in [1.807, 2.05) is 18.3 Å². The molecular formula is C20H20ClN3O. The second-order valence-corrected chi connectivity index (χ2v) is 6.99. The van der Waals surface area contributed by atoms with Crippen LogP contribution in [0.4, 0.5) is 11.4 Å². The largest absolute Gasteiger partial charge is 0.373 e. The van der Waals surface area contributed by atoms with Gasteiger partial charge in [0.2, 0.25) is 0 Å². The lowest BCUT2D eigenvalue weighted by Gasteiger charge is -2.36. The van der Waals surface area contributed by atoms with Crippen LogP contribution in [0.3, 0.4) is 0 Å². The summed E-state index contributed by atoms with van der Waals surface area (Å²) in [5.74, 6) is -0.0571. The Bertz CT molecular complexity index is 854. The molecule has 1 N–H and O–H groups in total.